The van der Waals surface area contributed by atoms with Gasteiger partial charge in [-0.25, -0.2) is 0 Å². The van der Waals surface area contributed by atoms with Crippen LogP contribution in [-0.2, 0) is 0 Å². The van der Waals surface area contributed by atoms with E-state index in [1.54, 1.807) is 0 Å². The maximum Gasteiger partial charge on any atom is 0.101 e. The second kappa shape index (κ2) is 4.00. The third-order valence-corrected chi connectivity index (χ3v) is 4.68. The van der Waals surface area contributed by atoms with E-state index in [-0.39, 0.29) is 5.54 Å². The summed E-state index contributed by atoms with van der Waals surface area (Å²) in [6.07, 6.45) is 0. The molecule has 2 aliphatic heterocycles. The first kappa shape index (κ1) is 11.6. The summed E-state index contributed by atoms with van der Waals surface area (Å²) in [6, 6.07) is 10.3. The molecular weight excluding hydrogens is 222 g/mol. The molecule has 3 nitrogen and oxygen atoms in total. The lowest BCUT2D eigenvalue weighted by atomic mass is 9.84. The van der Waals surface area contributed by atoms with Crippen molar-refractivity contribution in [2.75, 3.05) is 24.5 Å². The van der Waals surface area contributed by atoms with Crippen LogP contribution >= 0.6 is 0 Å². The molecule has 1 aromatic carbocycles. The average Bonchev–Trinajstić information content (AvgIpc) is 2.92. The van der Waals surface area contributed by atoms with Gasteiger partial charge in [-0.2, -0.15) is 5.26 Å². The zero-order valence-corrected chi connectivity index (χ0v) is 11.0. The smallest absolute Gasteiger partial charge is 0.101 e. The van der Waals surface area contributed by atoms with Gasteiger partial charge >= 0.3 is 0 Å². The Balaban J connectivity index is 2.01. The van der Waals surface area contributed by atoms with E-state index in [9.17, 15) is 5.26 Å². The van der Waals surface area contributed by atoms with Crippen molar-refractivity contribution in [3.8, 4) is 6.07 Å². The highest BCUT2D eigenvalue weighted by Gasteiger charge is 2.49. The van der Waals surface area contributed by atoms with Crippen LogP contribution in [0.4, 0.5) is 5.69 Å². The number of nitrogens with zero attached hydrogens (tertiary/aromatic N) is 2. The number of nitriles is 1. The second-order valence-electron chi connectivity index (χ2n) is 5.92. The maximum atomic E-state index is 9.26. The molecule has 0 spiro atoms. The van der Waals surface area contributed by atoms with Gasteiger partial charge in [0.15, 0.2) is 0 Å². The van der Waals surface area contributed by atoms with Crippen LogP contribution in [0.15, 0.2) is 24.3 Å². The predicted octanol–water partition coefficient (Wildman–Crippen LogP) is 1.99. The minimum atomic E-state index is 0.126. The van der Waals surface area contributed by atoms with E-state index in [0.29, 0.717) is 11.8 Å². The molecule has 0 radical (unpaired) electrons. The number of hydrogen-bond donors (Lipinski definition) is 1. The molecule has 0 amide bonds. The Kier molecular flexibility index (Phi) is 2.57. The fourth-order valence-electron chi connectivity index (χ4n) is 3.63. The predicted molar refractivity (Wildman–Crippen MR) is 72.4 cm³/mol. The number of fused-ring (bicyclic) bond motifs is 1. The Morgan fingerprint density at radius 3 is 2.83 bits per heavy atom. The zero-order valence-electron chi connectivity index (χ0n) is 11.0. The van der Waals surface area contributed by atoms with Gasteiger partial charge in [-0.3, -0.25) is 0 Å². The minimum Gasteiger partial charge on any atom is -0.365 e. The molecule has 0 aliphatic carbocycles. The molecular formula is C15H19N3. The number of anilines is 1. The van der Waals surface area contributed by atoms with Crippen molar-refractivity contribution in [2.45, 2.75) is 19.4 Å². The summed E-state index contributed by atoms with van der Waals surface area (Å²) >= 11 is 0. The van der Waals surface area contributed by atoms with Gasteiger partial charge in [0, 0.05) is 25.2 Å². The fourth-order valence-corrected chi connectivity index (χ4v) is 3.63. The largest absolute Gasteiger partial charge is 0.365 e. The summed E-state index contributed by atoms with van der Waals surface area (Å²) in [4.78, 5) is 2.43. The molecule has 2 atom stereocenters. The standard InChI is InChI=1S/C15H19N3/c1-15(2)13-9-17-8-12(13)10-18(15)14-6-4-3-5-11(14)7-16/h3-6,12-13,17H,8-10H2,1-2H3. The van der Waals surface area contributed by atoms with Gasteiger partial charge in [-0.05, 0) is 37.8 Å². The van der Waals surface area contributed by atoms with Gasteiger partial charge in [0.2, 0.25) is 0 Å². The normalized spacial score (nSPS) is 29.1. The lowest BCUT2D eigenvalue weighted by Crippen LogP contribution is -2.44. The number of hydrogen-bond acceptors (Lipinski definition) is 3. The van der Waals surface area contributed by atoms with Gasteiger partial charge in [0.25, 0.3) is 0 Å². The zero-order chi connectivity index (χ0) is 12.8. The molecule has 3 heteroatoms. The quantitative estimate of drug-likeness (QED) is 0.817. The van der Waals surface area contributed by atoms with E-state index in [1.165, 1.54) is 0 Å². The van der Waals surface area contributed by atoms with Gasteiger partial charge in [-0.15, -0.1) is 0 Å². The highest BCUT2D eigenvalue weighted by Crippen LogP contribution is 2.43. The topological polar surface area (TPSA) is 39.1 Å². The molecule has 94 valence electrons. The summed E-state index contributed by atoms with van der Waals surface area (Å²) in [5.74, 6) is 1.40. The van der Waals surface area contributed by atoms with E-state index in [1.807, 2.05) is 18.2 Å². The third kappa shape index (κ3) is 1.53. The molecule has 0 aromatic heterocycles. The van der Waals surface area contributed by atoms with E-state index >= 15 is 0 Å². The highest BCUT2D eigenvalue weighted by molar-refractivity contribution is 5.61. The van der Waals surface area contributed by atoms with Gasteiger partial charge in [-0.1, -0.05) is 12.1 Å². The SMILES string of the molecule is CC1(C)C2CNCC2CN1c1ccccc1C#N. The average molecular weight is 241 g/mol. The van der Waals surface area contributed by atoms with E-state index < -0.39 is 0 Å². The molecule has 0 saturated carbocycles. The van der Waals surface area contributed by atoms with Gasteiger partial charge in [0.05, 0.1) is 11.3 Å². The number of nitrogens with one attached hydrogen (secondary N) is 1. The Hall–Kier alpha value is -1.53. The number of benzene rings is 1. The first-order valence-electron chi connectivity index (χ1n) is 6.62. The van der Waals surface area contributed by atoms with Crippen molar-refractivity contribution < 1.29 is 0 Å². The second-order valence-corrected chi connectivity index (χ2v) is 5.92. The van der Waals surface area contributed by atoms with Crippen molar-refractivity contribution in [1.82, 2.24) is 5.32 Å². The van der Waals surface area contributed by atoms with Crippen LogP contribution in [0.25, 0.3) is 0 Å². The van der Waals surface area contributed by atoms with Crippen molar-refractivity contribution in [3.05, 3.63) is 29.8 Å². The van der Waals surface area contributed by atoms with Crippen LogP contribution < -0.4 is 10.2 Å². The van der Waals surface area contributed by atoms with Crippen molar-refractivity contribution in [2.24, 2.45) is 11.8 Å². The monoisotopic (exact) mass is 241 g/mol. The van der Waals surface area contributed by atoms with Crippen LogP contribution in [0.2, 0.25) is 0 Å². The van der Waals surface area contributed by atoms with Crippen molar-refractivity contribution >= 4 is 5.69 Å². The van der Waals surface area contributed by atoms with Gasteiger partial charge < -0.3 is 10.2 Å². The van der Waals surface area contributed by atoms with Crippen LogP contribution in [0.3, 0.4) is 0 Å². The summed E-state index contributed by atoms with van der Waals surface area (Å²) < 4.78 is 0. The van der Waals surface area contributed by atoms with E-state index in [4.69, 9.17) is 0 Å². The number of rotatable bonds is 1. The first-order chi connectivity index (χ1) is 8.64. The van der Waals surface area contributed by atoms with E-state index in [2.05, 4.69) is 36.2 Å². The summed E-state index contributed by atoms with van der Waals surface area (Å²) in [7, 11) is 0. The van der Waals surface area contributed by atoms with Crippen LogP contribution in [0, 0.1) is 23.2 Å². The highest BCUT2D eigenvalue weighted by atomic mass is 15.3. The first-order valence-corrected chi connectivity index (χ1v) is 6.62. The Labute approximate surface area is 108 Å². The van der Waals surface area contributed by atoms with E-state index in [0.717, 1.165) is 30.9 Å². The van der Waals surface area contributed by atoms with Gasteiger partial charge in [0.1, 0.15) is 6.07 Å². The minimum absolute atomic E-state index is 0.126. The fraction of sp³-hybridized carbons (Fsp3) is 0.533. The van der Waals surface area contributed by atoms with Crippen LogP contribution in [-0.4, -0.2) is 25.2 Å². The molecule has 2 heterocycles. The lowest BCUT2D eigenvalue weighted by Gasteiger charge is -2.37. The maximum absolute atomic E-state index is 9.26. The molecule has 2 fully saturated rings. The molecule has 2 unspecified atom stereocenters. The molecule has 3 rings (SSSR count). The molecule has 2 aliphatic rings. The molecule has 1 N–H and O–H groups in total. The molecule has 0 bridgehead atoms. The summed E-state index contributed by atoms with van der Waals surface area (Å²) in [5.41, 5.74) is 2.01. The third-order valence-electron chi connectivity index (χ3n) is 4.68. The summed E-state index contributed by atoms with van der Waals surface area (Å²) in [5, 5.41) is 12.8. The summed E-state index contributed by atoms with van der Waals surface area (Å²) in [6.45, 7) is 7.88. The Morgan fingerprint density at radius 1 is 1.33 bits per heavy atom. The van der Waals surface area contributed by atoms with Crippen molar-refractivity contribution in [3.63, 3.8) is 0 Å². The lowest BCUT2D eigenvalue weighted by molar-refractivity contribution is 0.357. The molecule has 2 saturated heterocycles. The van der Waals surface area contributed by atoms with Crippen LogP contribution in [0.5, 0.6) is 0 Å². The van der Waals surface area contributed by atoms with Crippen molar-refractivity contribution in [1.29, 1.82) is 5.26 Å². The Bertz CT molecular complexity index is 501. The van der Waals surface area contributed by atoms with Crippen LogP contribution in [0.1, 0.15) is 19.4 Å². The molecule has 1 aromatic rings. The Morgan fingerprint density at radius 2 is 2.11 bits per heavy atom. The molecule has 18 heavy (non-hydrogen) atoms. The number of para-hydroxylation sites is 1.